The summed E-state index contributed by atoms with van der Waals surface area (Å²) in [6.07, 6.45) is 3.36. The molecule has 2 amide bonds. The molecule has 0 saturated carbocycles. The first kappa shape index (κ1) is 15.4. The molecule has 9 heteroatoms. The Morgan fingerprint density at radius 3 is 2.62 bits per heavy atom. The number of carbonyl (C=O) groups excluding carboxylic acids is 1. The van der Waals surface area contributed by atoms with Gasteiger partial charge in [0.2, 0.25) is 10.0 Å². The van der Waals surface area contributed by atoms with E-state index < -0.39 is 16.1 Å². The zero-order valence-corrected chi connectivity index (χ0v) is 12.3. The van der Waals surface area contributed by atoms with Gasteiger partial charge in [0.15, 0.2) is 0 Å². The Hall–Kier alpha value is -0.596. The maximum atomic E-state index is 11.0. The third-order valence-corrected chi connectivity index (χ3v) is 1.79. The molecule has 0 aromatic carbocycles. The van der Waals surface area contributed by atoms with E-state index in [1.54, 1.807) is 11.6 Å². The van der Waals surface area contributed by atoms with Crippen molar-refractivity contribution in [3.63, 3.8) is 0 Å². The maximum absolute atomic E-state index is 11.0. The van der Waals surface area contributed by atoms with Gasteiger partial charge >= 0.3 is 6.03 Å². The van der Waals surface area contributed by atoms with E-state index in [1.807, 2.05) is 0 Å². The molecule has 7 nitrogen and oxygen atoms in total. The molecule has 0 atom stereocenters. The summed E-state index contributed by atoms with van der Waals surface area (Å²) < 4.78 is 23.1. The number of aromatic nitrogens is 2. The molecular weight excluding hydrogens is 309 g/mol. The molecule has 1 aromatic heterocycles. The van der Waals surface area contributed by atoms with Crippen LogP contribution in [0.2, 0.25) is 0 Å². The van der Waals surface area contributed by atoms with E-state index >= 15 is 0 Å². The minimum atomic E-state index is -3.58. The summed E-state index contributed by atoms with van der Waals surface area (Å²) >= 11 is 0. The van der Waals surface area contributed by atoms with Gasteiger partial charge in [0.05, 0.1) is 6.26 Å². The van der Waals surface area contributed by atoms with Crippen LogP contribution >= 0.6 is 0 Å². The van der Waals surface area contributed by atoms with E-state index in [-0.39, 0.29) is 38.7 Å². The topological polar surface area (TPSA) is 101 Å². The largest absolute Gasteiger partial charge is 0.354 e. The van der Waals surface area contributed by atoms with Crippen LogP contribution in [0.4, 0.5) is 10.7 Å². The fourth-order valence-electron chi connectivity index (χ4n) is 0.763. The van der Waals surface area contributed by atoms with Crippen molar-refractivity contribution < 1.29 is 45.9 Å². The fourth-order valence-corrected chi connectivity index (χ4v) is 1.15. The number of anilines is 1. The minimum absolute atomic E-state index is 0. The zero-order chi connectivity index (χ0) is 11.5. The van der Waals surface area contributed by atoms with E-state index in [1.165, 1.54) is 6.07 Å². The molecule has 1 radical (unpaired) electrons. The Morgan fingerprint density at radius 2 is 2.12 bits per heavy atom. The van der Waals surface area contributed by atoms with Gasteiger partial charge in [-0.3, -0.25) is 0 Å². The van der Waals surface area contributed by atoms with Crippen LogP contribution < -0.4 is 10.0 Å². The number of sulfonamides is 1. The first-order chi connectivity index (χ1) is 6.87. The molecule has 16 heavy (non-hydrogen) atoms. The average Bonchev–Trinajstić information content (AvgIpc) is 1.99. The number of urea groups is 1. The Morgan fingerprint density at radius 1 is 1.50 bits per heavy atom. The molecule has 1 heterocycles. The van der Waals surface area contributed by atoms with E-state index in [9.17, 15) is 13.2 Å². The standard InChI is InChI=1S/C7H9N4O3S.Y/c1-5-3-4-8-6(9-5)10-7(12)11-15(2,13)14;/h3H,1-2H3,(H2,8,9,10,11,12);/q-1;. The summed E-state index contributed by atoms with van der Waals surface area (Å²) in [7, 11) is -3.58. The number of aryl methyl sites for hydroxylation is 1. The van der Waals surface area contributed by atoms with Crippen LogP contribution in [0, 0.1) is 13.1 Å². The van der Waals surface area contributed by atoms with Crippen LogP contribution in [0.5, 0.6) is 0 Å². The average molecular weight is 318 g/mol. The number of hydrogen-bond donors (Lipinski definition) is 2. The van der Waals surface area contributed by atoms with Gasteiger partial charge in [0.1, 0.15) is 5.95 Å². The molecule has 1 rings (SSSR count). The molecule has 0 aliphatic carbocycles. The Bertz CT molecular complexity index is 476. The fraction of sp³-hybridized carbons (Fsp3) is 0.286. The van der Waals surface area contributed by atoms with Gasteiger partial charge in [-0.05, 0) is 0 Å². The number of nitrogens with zero attached hydrogens (tertiary/aromatic N) is 2. The van der Waals surface area contributed by atoms with Gasteiger partial charge in [-0.15, -0.1) is 6.07 Å². The maximum Gasteiger partial charge on any atom is 0.324 e. The van der Waals surface area contributed by atoms with Crippen LogP contribution in [0.1, 0.15) is 5.69 Å². The van der Waals surface area contributed by atoms with E-state index in [0.29, 0.717) is 5.69 Å². The molecule has 0 saturated heterocycles. The summed E-state index contributed by atoms with van der Waals surface area (Å²) in [5, 5.41) is 2.16. The van der Waals surface area contributed by atoms with Crippen LogP contribution in [0.25, 0.3) is 0 Å². The number of hydrogen-bond acceptors (Lipinski definition) is 5. The third kappa shape index (κ3) is 6.09. The molecule has 0 unspecified atom stereocenters. The SMILES string of the molecule is Cc1c[c-]nc(NC(=O)NS(C)(=O)=O)n1.[Y]. The first-order valence-corrected chi connectivity index (χ1v) is 5.76. The van der Waals surface area contributed by atoms with Crippen molar-refractivity contribution in [1.29, 1.82) is 0 Å². The predicted molar refractivity (Wildman–Crippen MR) is 52.6 cm³/mol. The number of nitrogens with one attached hydrogen (secondary N) is 2. The zero-order valence-electron chi connectivity index (χ0n) is 8.68. The molecular formula is C7H9N4O3SY-. The monoisotopic (exact) mass is 318 g/mol. The second-order valence-electron chi connectivity index (χ2n) is 2.79. The van der Waals surface area contributed by atoms with Crippen molar-refractivity contribution in [2.75, 3.05) is 11.6 Å². The molecule has 0 aliphatic rings. The van der Waals surface area contributed by atoms with Crippen molar-refractivity contribution in [3.8, 4) is 0 Å². The van der Waals surface area contributed by atoms with Gasteiger partial charge < -0.3 is 15.3 Å². The Kier molecular flexibility index (Phi) is 5.98. The van der Waals surface area contributed by atoms with Gasteiger partial charge in [-0.2, -0.15) is 0 Å². The summed E-state index contributed by atoms with van der Waals surface area (Å²) in [4.78, 5) is 18.5. The molecule has 85 valence electrons. The normalized spacial score (nSPS) is 10.1. The van der Waals surface area contributed by atoms with Crippen molar-refractivity contribution in [3.05, 3.63) is 18.0 Å². The smallest absolute Gasteiger partial charge is 0.324 e. The van der Waals surface area contributed by atoms with Gasteiger partial charge in [0.25, 0.3) is 0 Å². The second kappa shape index (κ2) is 6.22. The van der Waals surface area contributed by atoms with E-state index in [4.69, 9.17) is 0 Å². The van der Waals surface area contributed by atoms with Crippen LogP contribution in [-0.4, -0.2) is 30.7 Å². The van der Waals surface area contributed by atoms with Crippen LogP contribution in [-0.2, 0) is 42.7 Å². The van der Waals surface area contributed by atoms with Crippen LogP contribution in [0.3, 0.4) is 0 Å². The van der Waals surface area contributed by atoms with E-state index in [2.05, 4.69) is 21.5 Å². The van der Waals surface area contributed by atoms with Crippen molar-refractivity contribution in [1.82, 2.24) is 14.7 Å². The van der Waals surface area contributed by atoms with Gasteiger partial charge in [-0.25, -0.2) is 17.9 Å². The van der Waals surface area contributed by atoms with Gasteiger partial charge in [0, 0.05) is 32.7 Å². The second-order valence-corrected chi connectivity index (χ2v) is 4.54. The molecule has 2 N–H and O–H groups in total. The first-order valence-electron chi connectivity index (χ1n) is 3.87. The van der Waals surface area contributed by atoms with Crippen molar-refractivity contribution in [2.45, 2.75) is 6.92 Å². The number of carbonyl (C=O) groups is 1. The van der Waals surface area contributed by atoms with E-state index in [0.717, 1.165) is 6.26 Å². The summed E-state index contributed by atoms with van der Waals surface area (Å²) in [6.45, 7) is 1.69. The molecule has 0 bridgehead atoms. The quantitative estimate of drug-likeness (QED) is 0.727. The molecule has 0 fully saturated rings. The molecule has 0 spiro atoms. The molecule has 0 aliphatic heterocycles. The van der Waals surface area contributed by atoms with Crippen molar-refractivity contribution >= 4 is 22.0 Å². The summed E-state index contributed by atoms with van der Waals surface area (Å²) in [6, 6.07) is 0.621. The molecule has 1 aromatic rings. The number of amides is 2. The predicted octanol–water partition coefficient (Wildman–Crippen LogP) is -0.336. The Labute approximate surface area is 118 Å². The van der Waals surface area contributed by atoms with Crippen LogP contribution in [0.15, 0.2) is 6.07 Å². The van der Waals surface area contributed by atoms with Gasteiger partial charge in [-0.1, -0.05) is 18.8 Å². The van der Waals surface area contributed by atoms with Crippen molar-refractivity contribution in [2.24, 2.45) is 0 Å². The summed E-state index contributed by atoms with van der Waals surface area (Å²) in [5.41, 5.74) is 0.611. The summed E-state index contributed by atoms with van der Waals surface area (Å²) in [5.74, 6) is -0.00356. The Balaban J connectivity index is 0.00000225. The number of rotatable bonds is 2. The minimum Gasteiger partial charge on any atom is -0.354 e. The third-order valence-electron chi connectivity index (χ3n) is 1.23.